The molecule has 1 aromatic heterocycles. The standard InChI is InChI=1S/C21H26N2O2S/c1-14-19(26-20(22-14)16-7-9-18(25-2)10-8-16)21(24)23-12-11-15-5-3-4-6-17(15)13-23/h7-10,15,17H,3-6,11-13H2,1-2H3/t15-,17+/m1/s1. The molecule has 0 N–H and O–H groups in total. The zero-order chi connectivity index (χ0) is 18.1. The Morgan fingerprint density at radius 3 is 2.62 bits per heavy atom. The summed E-state index contributed by atoms with van der Waals surface area (Å²) in [7, 11) is 1.66. The van der Waals surface area contributed by atoms with Gasteiger partial charge in [0.25, 0.3) is 5.91 Å². The van der Waals surface area contributed by atoms with E-state index in [4.69, 9.17) is 4.74 Å². The van der Waals surface area contributed by atoms with Crippen LogP contribution in [0.2, 0.25) is 0 Å². The van der Waals surface area contributed by atoms with Crippen molar-refractivity contribution in [3.05, 3.63) is 34.8 Å². The number of methoxy groups -OCH3 is 1. The average Bonchev–Trinajstić information content (AvgIpc) is 3.08. The van der Waals surface area contributed by atoms with Crippen molar-refractivity contribution in [1.29, 1.82) is 0 Å². The quantitative estimate of drug-likeness (QED) is 0.781. The van der Waals surface area contributed by atoms with Crippen LogP contribution in [0.4, 0.5) is 0 Å². The molecule has 0 spiro atoms. The number of aromatic nitrogens is 1. The van der Waals surface area contributed by atoms with Crippen LogP contribution in [0.5, 0.6) is 5.75 Å². The lowest BCUT2D eigenvalue weighted by Crippen LogP contribution is -2.44. The molecular formula is C21H26N2O2S. The van der Waals surface area contributed by atoms with E-state index < -0.39 is 0 Å². The molecule has 138 valence electrons. The number of carbonyl (C=O) groups is 1. The Kier molecular flexibility index (Phi) is 4.98. The first kappa shape index (κ1) is 17.5. The summed E-state index contributed by atoms with van der Waals surface area (Å²) in [5.74, 6) is 2.54. The maximum atomic E-state index is 13.1. The summed E-state index contributed by atoms with van der Waals surface area (Å²) in [6.45, 7) is 3.78. The first-order valence-corrected chi connectivity index (χ1v) is 10.4. The van der Waals surface area contributed by atoms with Gasteiger partial charge in [0, 0.05) is 18.7 Å². The van der Waals surface area contributed by atoms with E-state index in [1.54, 1.807) is 7.11 Å². The Morgan fingerprint density at radius 1 is 1.15 bits per heavy atom. The van der Waals surface area contributed by atoms with Crippen LogP contribution in [0, 0.1) is 18.8 Å². The van der Waals surface area contributed by atoms with Crippen LogP contribution in [0.3, 0.4) is 0 Å². The third-order valence-corrected chi connectivity index (χ3v) is 7.10. The molecule has 1 amide bonds. The second-order valence-corrected chi connectivity index (χ2v) is 8.51. The largest absolute Gasteiger partial charge is 0.497 e. The SMILES string of the molecule is COc1ccc(-c2nc(C)c(C(=O)N3CC[C@H]4CCCC[C@H]4C3)s2)cc1. The highest BCUT2D eigenvalue weighted by molar-refractivity contribution is 7.17. The zero-order valence-corrected chi connectivity index (χ0v) is 16.3. The van der Waals surface area contributed by atoms with Crippen LogP contribution in [0.1, 0.15) is 47.5 Å². The number of likely N-dealkylation sites (tertiary alicyclic amines) is 1. The van der Waals surface area contributed by atoms with Gasteiger partial charge in [0.2, 0.25) is 0 Å². The first-order chi connectivity index (χ1) is 12.7. The molecule has 1 aromatic carbocycles. The van der Waals surface area contributed by atoms with Gasteiger partial charge in [-0.05, 0) is 55.9 Å². The van der Waals surface area contributed by atoms with Crippen molar-refractivity contribution < 1.29 is 9.53 Å². The number of carbonyl (C=O) groups excluding carboxylic acids is 1. The summed E-state index contributed by atoms with van der Waals surface area (Å²) in [5.41, 5.74) is 1.88. The van der Waals surface area contributed by atoms with Gasteiger partial charge >= 0.3 is 0 Å². The van der Waals surface area contributed by atoms with Gasteiger partial charge in [-0.15, -0.1) is 11.3 Å². The maximum absolute atomic E-state index is 13.1. The molecule has 5 heteroatoms. The molecular weight excluding hydrogens is 344 g/mol. The van der Waals surface area contributed by atoms with E-state index in [2.05, 4.69) is 9.88 Å². The second kappa shape index (κ2) is 7.39. The zero-order valence-electron chi connectivity index (χ0n) is 15.5. The van der Waals surface area contributed by atoms with Crippen molar-refractivity contribution in [2.45, 2.75) is 39.0 Å². The summed E-state index contributed by atoms with van der Waals surface area (Å²) < 4.78 is 5.22. The lowest BCUT2D eigenvalue weighted by molar-refractivity contribution is 0.0524. The van der Waals surface area contributed by atoms with E-state index in [9.17, 15) is 4.79 Å². The smallest absolute Gasteiger partial charge is 0.265 e. The maximum Gasteiger partial charge on any atom is 0.265 e. The van der Waals surface area contributed by atoms with Gasteiger partial charge < -0.3 is 9.64 Å². The fourth-order valence-electron chi connectivity index (χ4n) is 4.38. The molecule has 26 heavy (non-hydrogen) atoms. The van der Waals surface area contributed by atoms with E-state index in [1.807, 2.05) is 31.2 Å². The molecule has 0 unspecified atom stereocenters. The third-order valence-electron chi connectivity index (χ3n) is 5.91. The summed E-state index contributed by atoms with van der Waals surface area (Å²) in [5, 5.41) is 0.904. The number of piperidine rings is 1. The molecule has 2 aromatic rings. The number of fused-ring (bicyclic) bond motifs is 1. The fourth-order valence-corrected chi connectivity index (χ4v) is 5.42. The van der Waals surface area contributed by atoms with Gasteiger partial charge in [0.15, 0.2) is 0 Å². The predicted octanol–water partition coefficient (Wildman–Crippen LogP) is 4.78. The topological polar surface area (TPSA) is 42.4 Å². The number of hydrogen-bond donors (Lipinski definition) is 0. The summed E-state index contributed by atoms with van der Waals surface area (Å²) >= 11 is 1.51. The molecule has 1 aliphatic heterocycles. The summed E-state index contributed by atoms with van der Waals surface area (Å²) in [6.07, 6.45) is 6.50. The molecule has 0 bridgehead atoms. The molecule has 2 atom stereocenters. The van der Waals surface area contributed by atoms with Crippen molar-refractivity contribution in [1.82, 2.24) is 9.88 Å². The number of nitrogens with zero attached hydrogens (tertiary/aromatic N) is 2. The van der Waals surface area contributed by atoms with Gasteiger partial charge in [0.1, 0.15) is 15.6 Å². The van der Waals surface area contributed by atoms with E-state index in [1.165, 1.54) is 43.4 Å². The average molecular weight is 371 g/mol. The highest BCUT2D eigenvalue weighted by atomic mass is 32.1. The fraction of sp³-hybridized carbons (Fsp3) is 0.524. The number of benzene rings is 1. The van der Waals surface area contributed by atoms with Crippen LogP contribution in [-0.2, 0) is 0 Å². The number of thiazole rings is 1. The number of amides is 1. The van der Waals surface area contributed by atoms with Gasteiger partial charge in [-0.3, -0.25) is 4.79 Å². The Balaban J connectivity index is 1.52. The molecule has 4 nitrogen and oxygen atoms in total. The predicted molar refractivity (Wildman–Crippen MR) is 105 cm³/mol. The van der Waals surface area contributed by atoms with Gasteiger partial charge in [-0.1, -0.05) is 19.3 Å². The van der Waals surface area contributed by atoms with Gasteiger partial charge in [-0.2, -0.15) is 0 Å². The first-order valence-electron chi connectivity index (χ1n) is 9.57. The molecule has 2 aliphatic rings. The summed E-state index contributed by atoms with van der Waals surface area (Å²) in [6, 6.07) is 7.86. The van der Waals surface area contributed by atoms with E-state index in [0.717, 1.165) is 45.9 Å². The minimum atomic E-state index is 0.170. The van der Waals surface area contributed by atoms with Crippen LogP contribution in [0.15, 0.2) is 24.3 Å². The normalized spacial score (nSPS) is 22.8. The number of hydrogen-bond acceptors (Lipinski definition) is 4. The van der Waals surface area contributed by atoms with Gasteiger partial charge in [-0.25, -0.2) is 4.98 Å². The highest BCUT2D eigenvalue weighted by Gasteiger charge is 2.34. The lowest BCUT2D eigenvalue weighted by Gasteiger charge is -2.41. The molecule has 1 saturated carbocycles. The van der Waals surface area contributed by atoms with Crippen molar-refractivity contribution in [3.63, 3.8) is 0 Å². The van der Waals surface area contributed by atoms with Crippen molar-refractivity contribution in [3.8, 4) is 16.3 Å². The molecule has 4 rings (SSSR count). The molecule has 1 aliphatic carbocycles. The Bertz CT molecular complexity index is 784. The Labute approximate surface area is 159 Å². The highest BCUT2D eigenvalue weighted by Crippen LogP contribution is 2.37. The van der Waals surface area contributed by atoms with Gasteiger partial charge in [0.05, 0.1) is 12.8 Å². The van der Waals surface area contributed by atoms with Crippen molar-refractivity contribution in [2.75, 3.05) is 20.2 Å². The molecule has 2 fully saturated rings. The molecule has 2 heterocycles. The Hall–Kier alpha value is -1.88. The lowest BCUT2D eigenvalue weighted by atomic mass is 9.75. The second-order valence-electron chi connectivity index (χ2n) is 7.51. The van der Waals surface area contributed by atoms with E-state index >= 15 is 0 Å². The number of ether oxygens (including phenoxy) is 1. The molecule has 1 saturated heterocycles. The molecule has 0 radical (unpaired) electrons. The minimum Gasteiger partial charge on any atom is -0.497 e. The number of rotatable bonds is 3. The summed E-state index contributed by atoms with van der Waals surface area (Å²) in [4.78, 5) is 20.7. The van der Waals surface area contributed by atoms with E-state index in [0.29, 0.717) is 5.92 Å². The Morgan fingerprint density at radius 2 is 1.88 bits per heavy atom. The third kappa shape index (κ3) is 3.37. The van der Waals surface area contributed by atoms with E-state index in [-0.39, 0.29) is 5.91 Å². The van der Waals surface area contributed by atoms with Crippen LogP contribution < -0.4 is 4.74 Å². The minimum absolute atomic E-state index is 0.170. The van der Waals surface area contributed by atoms with Crippen LogP contribution in [-0.4, -0.2) is 36.0 Å². The monoisotopic (exact) mass is 370 g/mol. The van der Waals surface area contributed by atoms with Crippen LogP contribution >= 0.6 is 11.3 Å². The van der Waals surface area contributed by atoms with Crippen LogP contribution in [0.25, 0.3) is 10.6 Å². The van der Waals surface area contributed by atoms with Crippen molar-refractivity contribution in [2.24, 2.45) is 11.8 Å². The van der Waals surface area contributed by atoms with Crippen molar-refractivity contribution >= 4 is 17.2 Å². The number of aryl methyl sites for hydroxylation is 1.